The standard InChI is InChI=1S/C23H28O/c1-4-12-21(18(3)5-2)23(24)17-22(19-13-8-6-9-14-19)20-15-10-7-11-16-20/h6-11,13-16,22H,4-5,12,17H2,1-3H3/b21-18+. The van der Waals surface area contributed by atoms with E-state index in [1.54, 1.807) is 0 Å². The SMILES string of the molecule is CCC/C(C(=O)CC(c1ccccc1)c1ccccc1)=C(/C)CC. The lowest BCUT2D eigenvalue weighted by Crippen LogP contribution is -2.12. The van der Waals surface area contributed by atoms with E-state index in [-0.39, 0.29) is 5.92 Å². The average Bonchev–Trinajstić information content (AvgIpc) is 2.64. The van der Waals surface area contributed by atoms with Crippen molar-refractivity contribution in [3.05, 3.63) is 82.9 Å². The number of Topliss-reactive ketones (excluding diaryl/α,β-unsaturated/α-hetero) is 1. The van der Waals surface area contributed by atoms with Crippen LogP contribution < -0.4 is 0 Å². The minimum Gasteiger partial charge on any atom is -0.295 e. The molecule has 0 aliphatic carbocycles. The fourth-order valence-corrected chi connectivity index (χ4v) is 3.16. The number of hydrogen-bond donors (Lipinski definition) is 0. The molecule has 0 radical (unpaired) electrons. The van der Waals surface area contributed by atoms with Gasteiger partial charge in [0.15, 0.2) is 5.78 Å². The van der Waals surface area contributed by atoms with Crippen LogP contribution in [0.1, 0.15) is 63.5 Å². The van der Waals surface area contributed by atoms with Gasteiger partial charge in [0.2, 0.25) is 0 Å². The molecular formula is C23H28O. The Kier molecular flexibility index (Phi) is 6.99. The molecule has 0 saturated heterocycles. The second-order valence-electron chi connectivity index (χ2n) is 6.36. The smallest absolute Gasteiger partial charge is 0.159 e. The Morgan fingerprint density at radius 3 is 1.79 bits per heavy atom. The summed E-state index contributed by atoms with van der Waals surface area (Å²) < 4.78 is 0. The van der Waals surface area contributed by atoms with E-state index in [0.29, 0.717) is 12.2 Å². The molecule has 0 spiro atoms. The monoisotopic (exact) mass is 320 g/mol. The number of allylic oxidation sites excluding steroid dienone is 2. The van der Waals surface area contributed by atoms with E-state index in [1.165, 1.54) is 16.7 Å². The van der Waals surface area contributed by atoms with E-state index in [4.69, 9.17) is 0 Å². The Labute approximate surface area is 146 Å². The second kappa shape index (κ2) is 9.22. The number of ketones is 1. The number of carbonyl (C=O) groups excluding carboxylic acids is 1. The highest BCUT2D eigenvalue weighted by molar-refractivity contribution is 5.96. The summed E-state index contributed by atoms with van der Waals surface area (Å²) in [5, 5.41) is 0. The first-order valence-corrected chi connectivity index (χ1v) is 8.99. The van der Waals surface area contributed by atoms with Crippen molar-refractivity contribution in [1.82, 2.24) is 0 Å². The highest BCUT2D eigenvalue weighted by atomic mass is 16.1. The molecule has 1 heteroatoms. The first kappa shape index (κ1) is 18.2. The lowest BCUT2D eigenvalue weighted by atomic mass is 9.84. The van der Waals surface area contributed by atoms with Gasteiger partial charge >= 0.3 is 0 Å². The van der Waals surface area contributed by atoms with Gasteiger partial charge in [0.1, 0.15) is 0 Å². The van der Waals surface area contributed by atoms with Gasteiger partial charge in [0.25, 0.3) is 0 Å². The van der Waals surface area contributed by atoms with E-state index in [1.807, 2.05) is 12.1 Å². The van der Waals surface area contributed by atoms with Crippen molar-refractivity contribution in [1.29, 1.82) is 0 Å². The molecule has 0 aromatic heterocycles. The molecule has 0 fully saturated rings. The first-order valence-electron chi connectivity index (χ1n) is 8.99. The van der Waals surface area contributed by atoms with E-state index in [0.717, 1.165) is 24.8 Å². The van der Waals surface area contributed by atoms with Crippen molar-refractivity contribution in [2.75, 3.05) is 0 Å². The van der Waals surface area contributed by atoms with Crippen LogP contribution in [-0.2, 0) is 4.79 Å². The molecule has 24 heavy (non-hydrogen) atoms. The molecule has 0 aliphatic heterocycles. The van der Waals surface area contributed by atoms with Gasteiger partial charge in [0.05, 0.1) is 0 Å². The molecule has 0 aliphatic rings. The summed E-state index contributed by atoms with van der Waals surface area (Å²) in [4.78, 5) is 13.0. The fourth-order valence-electron chi connectivity index (χ4n) is 3.16. The lowest BCUT2D eigenvalue weighted by molar-refractivity contribution is -0.116. The molecule has 0 atom stereocenters. The van der Waals surface area contributed by atoms with Crippen LogP contribution in [0.15, 0.2) is 71.8 Å². The third-order valence-corrected chi connectivity index (χ3v) is 4.68. The lowest BCUT2D eigenvalue weighted by Gasteiger charge is -2.19. The average molecular weight is 320 g/mol. The molecule has 2 aromatic carbocycles. The highest BCUT2D eigenvalue weighted by Gasteiger charge is 2.21. The zero-order chi connectivity index (χ0) is 17.4. The molecule has 1 nitrogen and oxygen atoms in total. The zero-order valence-corrected chi connectivity index (χ0v) is 15.1. The number of hydrogen-bond acceptors (Lipinski definition) is 1. The number of benzene rings is 2. The van der Waals surface area contributed by atoms with Crippen molar-refractivity contribution in [3.8, 4) is 0 Å². The molecule has 0 bridgehead atoms. The molecule has 0 N–H and O–H groups in total. The molecule has 0 unspecified atom stereocenters. The van der Waals surface area contributed by atoms with Crippen LogP contribution in [0.5, 0.6) is 0 Å². The molecule has 2 aromatic rings. The Morgan fingerprint density at radius 2 is 1.38 bits per heavy atom. The van der Waals surface area contributed by atoms with Crippen LogP contribution in [0.3, 0.4) is 0 Å². The van der Waals surface area contributed by atoms with Crippen LogP contribution in [-0.4, -0.2) is 5.78 Å². The highest BCUT2D eigenvalue weighted by Crippen LogP contribution is 2.30. The van der Waals surface area contributed by atoms with Gasteiger partial charge in [-0.25, -0.2) is 0 Å². The maximum absolute atomic E-state index is 13.0. The Morgan fingerprint density at radius 1 is 0.875 bits per heavy atom. The van der Waals surface area contributed by atoms with E-state index < -0.39 is 0 Å². The largest absolute Gasteiger partial charge is 0.295 e. The minimum absolute atomic E-state index is 0.122. The topological polar surface area (TPSA) is 17.1 Å². The van der Waals surface area contributed by atoms with Gasteiger partial charge in [-0.3, -0.25) is 4.79 Å². The summed E-state index contributed by atoms with van der Waals surface area (Å²) in [5.74, 6) is 0.422. The summed E-state index contributed by atoms with van der Waals surface area (Å²) in [6.45, 7) is 6.37. The predicted octanol–water partition coefficient (Wildman–Crippen LogP) is 6.30. The van der Waals surface area contributed by atoms with Gasteiger partial charge in [0, 0.05) is 12.3 Å². The molecule has 126 valence electrons. The van der Waals surface area contributed by atoms with Crippen LogP contribution >= 0.6 is 0 Å². The number of carbonyl (C=O) groups is 1. The minimum atomic E-state index is 0.122. The fraction of sp³-hybridized carbons (Fsp3) is 0.348. The summed E-state index contributed by atoms with van der Waals surface area (Å²) in [7, 11) is 0. The second-order valence-corrected chi connectivity index (χ2v) is 6.36. The number of rotatable bonds is 8. The molecule has 2 rings (SSSR count). The normalized spacial score (nSPS) is 12.2. The maximum atomic E-state index is 13.0. The van der Waals surface area contributed by atoms with Crippen LogP contribution in [0.2, 0.25) is 0 Å². The Bertz CT molecular complexity index is 628. The zero-order valence-electron chi connectivity index (χ0n) is 15.1. The van der Waals surface area contributed by atoms with Crippen molar-refractivity contribution >= 4 is 5.78 Å². The van der Waals surface area contributed by atoms with E-state index in [2.05, 4.69) is 69.3 Å². The Balaban J connectivity index is 2.34. The first-order chi connectivity index (χ1) is 11.7. The van der Waals surface area contributed by atoms with Gasteiger partial charge < -0.3 is 0 Å². The summed E-state index contributed by atoms with van der Waals surface area (Å²) in [5.41, 5.74) is 4.70. The summed E-state index contributed by atoms with van der Waals surface area (Å²) >= 11 is 0. The van der Waals surface area contributed by atoms with E-state index >= 15 is 0 Å². The van der Waals surface area contributed by atoms with Crippen LogP contribution in [0.25, 0.3) is 0 Å². The van der Waals surface area contributed by atoms with Gasteiger partial charge in [-0.2, -0.15) is 0 Å². The van der Waals surface area contributed by atoms with E-state index in [9.17, 15) is 4.79 Å². The van der Waals surface area contributed by atoms with Gasteiger partial charge in [-0.1, -0.05) is 86.5 Å². The summed E-state index contributed by atoms with van der Waals surface area (Å²) in [6.07, 6.45) is 3.39. The van der Waals surface area contributed by atoms with Crippen molar-refractivity contribution in [2.24, 2.45) is 0 Å². The van der Waals surface area contributed by atoms with Crippen LogP contribution in [0, 0.1) is 0 Å². The maximum Gasteiger partial charge on any atom is 0.159 e. The third-order valence-electron chi connectivity index (χ3n) is 4.68. The van der Waals surface area contributed by atoms with Gasteiger partial charge in [-0.15, -0.1) is 0 Å². The van der Waals surface area contributed by atoms with Gasteiger partial charge in [-0.05, 0) is 36.5 Å². The van der Waals surface area contributed by atoms with Crippen molar-refractivity contribution < 1.29 is 4.79 Å². The predicted molar refractivity (Wildman–Crippen MR) is 102 cm³/mol. The molecular weight excluding hydrogens is 292 g/mol. The summed E-state index contributed by atoms with van der Waals surface area (Å²) in [6, 6.07) is 20.8. The molecule has 0 heterocycles. The Hall–Kier alpha value is -2.15. The van der Waals surface area contributed by atoms with Crippen LogP contribution in [0.4, 0.5) is 0 Å². The molecule has 0 amide bonds. The quantitative estimate of drug-likeness (QED) is 0.521. The van der Waals surface area contributed by atoms with Crippen molar-refractivity contribution in [3.63, 3.8) is 0 Å². The third kappa shape index (κ3) is 4.67. The molecule has 0 saturated carbocycles. The van der Waals surface area contributed by atoms with Crippen molar-refractivity contribution in [2.45, 2.75) is 52.4 Å².